The highest BCUT2D eigenvalue weighted by Gasteiger charge is 2.11. The second-order valence-electron chi connectivity index (χ2n) is 6.23. The number of carbonyl (C=O) groups excluding carboxylic acids is 1. The second kappa shape index (κ2) is 7.05. The van der Waals surface area contributed by atoms with Gasteiger partial charge < -0.3 is 15.2 Å². The SMILES string of the molecule is CC[C@@H](C)NCC(=O)Nc1ccc2c(c1)c1ccccc1n2CC. The quantitative estimate of drug-likeness (QED) is 0.716. The number of para-hydroxylation sites is 1. The topological polar surface area (TPSA) is 46.1 Å². The fraction of sp³-hybridized carbons (Fsp3) is 0.350. The van der Waals surface area contributed by atoms with Crippen molar-refractivity contribution in [2.24, 2.45) is 0 Å². The summed E-state index contributed by atoms with van der Waals surface area (Å²) >= 11 is 0. The van der Waals surface area contributed by atoms with Crippen LogP contribution in [0.15, 0.2) is 42.5 Å². The maximum Gasteiger partial charge on any atom is 0.238 e. The van der Waals surface area contributed by atoms with Crippen LogP contribution < -0.4 is 10.6 Å². The van der Waals surface area contributed by atoms with Gasteiger partial charge in [-0.25, -0.2) is 0 Å². The number of anilines is 1. The lowest BCUT2D eigenvalue weighted by Gasteiger charge is -2.11. The fourth-order valence-electron chi connectivity index (χ4n) is 3.09. The number of carbonyl (C=O) groups is 1. The van der Waals surface area contributed by atoms with Crippen LogP contribution in [-0.2, 0) is 11.3 Å². The maximum atomic E-state index is 12.1. The summed E-state index contributed by atoms with van der Waals surface area (Å²) in [6.45, 7) is 7.60. The highest BCUT2D eigenvalue weighted by Crippen LogP contribution is 2.30. The molecule has 3 rings (SSSR count). The van der Waals surface area contributed by atoms with Gasteiger partial charge in [-0.15, -0.1) is 0 Å². The first-order valence-corrected chi connectivity index (χ1v) is 8.68. The minimum absolute atomic E-state index is 0.00567. The highest BCUT2D eigenvalue weighted by atomic mass is 16.1. The molecule has 0 aliphatic carbocycles. The smallest absolute Gasteiger partial charge is 0.238 e. The molecular formula is C20H25N3O. The molecule has 1 heterocycles. The molecule has 0 spiro atoms. The number of nitrogens with zero attached hydrogens (tertiary/aromatic N) is 1. The number of nitrogens with one attached hydrogen (secondary N) is 2. The van der Waals surface area contributed by atoms with Gasteiger partial charge in [0.25, 0.3) is 0 Å². The first-order valence-electron chi connectivity index (χ1n) is 8.68. The van der Waals surface area contributed by atoms with Crippen molar-refractivity contribution in [3.63, 3.8) is 0 Å². The molecule has 4 heteroatoms. The van der Waals surface area contributed by atoms with Crippen LogP contribution in [0.3, 0.4) is 0 Å². The van der Waals surface area contributed by atoms with Crippen LogP contribution in [0, 0.1) is 0 Å². The van der Waals surface area contributed by atoms with Crippen LogP contribution in [-0.4, -0.2) is 23.1 Å². The summed E-state index contributed by atoms with van der Waals surface area (Å²) in [4.78, 5) is 12.1. The van der Waals surface area contributed by atoms with Gasteiger partial charge in [0.15, 0.2) is 0 Å². The highest BCUT2D eigenvalue weighted by molar-refractivity contribution is 6.09. The summed E-state index contributed by atoms with van der Waals surface area (Å²) < 4.78 is 2.31. The van der Waals surface area contributed by atoms with Gasteiger partial charge in [-0.3, -0.25) is 4.79 Å². The number of benzene rings is 2. The summed E-state index contributed by atoms with van der Waals surface area (Å²) in [6.07, 6.45) is 1.01. The van der Waals surface area contributed by atoms with Gasteiger partial charge in [0.1, 0.15) is 0 Å². The predicted octanol–water partition coefficient (Wildman–Crippen LogP) is 4.14. The van der Waals surface area contributed by atoms with E-state index in [2.05, 4.69) is 72.4 Å². The molecule has 2 aromatic carbocycles. The molecule has 0 fully saturated rings. The predicted molar refractivity (Wildman–Crippen MR) is 102 cm³/mol. The zero-order valence-corrected chi connectivity index (χ0v) is 14.6. The Balaban J connectivity index is 1.89. The summed E-state index contributed by atoms with van der Waals surface area (Å²) in [5.74, 6) is -0.00567. The monoisotopic (exact) mass is 323 g/mol. The van der Waals surface area contributed by atoms with Gasteiger partial charge in [0, 0.05) is 40.1 Å². The van der Waals surface area contributed by atoms with E-state index in [1.54, 1.807) is 0 Å². The Morgan fingerprint density at radius 2 is 1.83 bits per heavy atom. The largest absolute Gasteiger partial charge is 0.341 e. The van der Waals surface area contributed by atoms with Crippen LogP contribution in [0.1, 0.15) is 27.2 Å². The molecule has 24 heavy (non-hydrogen) atoms. The molecule has 0 saturated carbocycles. The average Bonchev–Trinajstić information content (AvgIpc) is 2.92. The number of rotatable bonds is 6. The third kappa shape index (κ3) is 3.15. The van der Waals surface area contributed by atoms with Crippen molar-refractivity contribution in [1.82, 2.24) is 9.88 Å². The lowest BCUT2D eigenvalue weighted by atomic mass is 10.1. The van der Waals surface area contributed by atoms with Crippen LogP contribution >= 0.6 is 0 Å². The normalized spacial score (nSPS) is 12.6. The summed E-state index contributed by atoms with van der Waals surface area (Å²) in [7, 11) is 0. The molecular weight excluding hydrogens is 298 g/mol. The van der Waals surface area contributed by atoms with Crippen molar-refractivity contribution >= 4 is 33.4 Å². The van der Waals surface area contributed by atoms with Crippen LogP contribution in [0.25, 0.3) is 21.8 Å². The molecule has 1 aromatic heterocycles. The van der Waals surface area contributed by atoms with E-state index in [1.165, 1.54) is 21.8 Å². The number of hydrogen-bond acceptors (Lipinski definition) is 2. The molecule has 0 unspecified atom stereocenters. The molecule has 0 bridgehead atoms. The van der Waals surface area contributed by atoms with Crippen molar-refractivity contribution < 1.29 is 4.79 Å². The van der Waals surface area contributed by atoms with E-state index in [0.717, 1.165) is 18.7 Å². The Morgan fingerprint density at radius 1 is 1.08 bits per heavy atom. The summed E-state index contributed by atoms with van der Waals surface area (Å²) in [5.41, 5.74) is 3.28. The Morgan fingerprint density at radius 3 is 2.58 bits per heavy atom. The van der Waals surface area contributed by atoms with Crippen molar-refractivity contribution in [2.45, 2.75) is 39.8 Å². The number of hydrogen-bond donors (Lipinski definition) is 2. The molecule has 0 aliphatic rings. The van der Waals surface area contributed by atoms with E-state index in [4.69, 9.17) is 0 Å². The zero-order chi connectivity index (χ0) is 17.1. The van der Waals surface area contributed by atoms with Gasteiger partial charge in [-0.1, -0.05) is 25.1 Å². The van der Waals surface area contributed by atoms with E-state index in [1.807, 2.05) is 6.07 Å². The minimum Gasteiger partial charge on any atom is -0.341 e. The third-order valence-electron chi connectivity index (χ3n) is 4.60. The number of aryl methyl sites for hydroxylation is 1. The fourth-order valence-corrected chi connectivity index (χ4v) is 3.09. The van der Waals surface area contributed by atoms with Crippen molar-refractivity contribution in [1.29, 1.82) is 0 Å². The van der Waals surface area contributed by atoms with Crippen molar-refractivity contribution in [3.8, 4) is 0 Å². The molecule has 3 aromatic rings. The molecule has 0 aliphatic heterocycles. The van der Waals surface area contributed by atoms with Gasteiger partial charge >= 0.3 is 0 Å². The number of aromatic nitrogens is 1. The first-order chi connectivity index (χ1) is 11.6. The molecule has 2 N–H and O–H groups in total. The zero-order valence-electron chi connectivity index (χ0n) is 14.6. The summed E-state index contributed by atoms with van der Waals surface area (Å²) in [6, 6.07) is 14.9. The lowest BCUT2D eigenvalue weighted by molar-refractivity contribution is -0.115. The van der Waals surface area contributed by atoms with E-state index >= 15 is 0 Å². The molecule has 4 nitrogen and oxygen atoms in total. The Hall–Kier alpha value is -2.33. The van der Waals surface area contributed by atoms with E-state index < -0.39 is 0 Å². The van der Waals surface area contributed by atoms with Crippen LogP contribution in [0.2, 0.25) is 0 Å². The van der Waals surface area contributed by atoms with Crippen molar-refractivity contribution in [2.75, 3.05) is 11.9 Å². The lowest BCUT2D eigenvalue weighted by Crippen LogP contribution is -2.33. The Bertz CT molecular complexity index is 866. The Labute approximate surface area is 142 Å². The standard InChI is InChI=1S/C20H25N3O/c1-4-14(3)21-13-20(24)22-15-10-11-19-17(12-15)16-8-6-7-9-18(16)23(19)5-2/h6-12,14,21H,4-5,13H2,1-3H3,(H,22,24)/t14-/m1/s1. The second-order valence-corrected chi connectivity index (χ2v) is 6.23. The average molecular weight is 323 g/mol. The molecule has 0 radical (unpaired) electrons. The van der Waals surface area contributed by atoms with E-state index in [-0.39, 0.29) is 5.91 Å². The molecule has 1 amide bonds. The van der Waals surface area contributed by atoms with E-state index in [0.29, 0.717) is 12.6 Å². The van der Waals surface area contributed by atoms with Crippen LogP contribution in [0.5, 0.6) is 0 Å². The minimum atomic E-state index is -0.00567. The third-order valence-corrected chi connectivity index (χ3v) is 4.60. The number of fused-ring (bicyclic) bond motifs is 3. The van der Waals surface area contributed by atoms with Crippen molar-refractivity contribution in [3.05, 3.63) is 42.5 Å². The van der Waals surface area contributed by atoms with Gasteiger partial charge in [0.2, 0.25) is 5.91 Å². The molecule has 0 saturated heterocycles. The first kappa shape index (κ1) is 16.5. The molecule has 1 atom stereocenters. The van der Waals surface area contributed by atoms with Crippen LogP contribution in [0.4, 0.5) is 5.69 Å². The molecule has 126 valence electrons. The summed E-state index contributed by atoms with van der Waals surface area (Å²) in [5, 5.41) is 8.62. The van der Waals surface area contributed by atoms with Gasteiger partial charge in [-0.2, -0.15) is 0 Å². The van der Waals surface area contributed by atoms with Gasteiger partial charge in [0.05, 0.1) is 6.54 Å². The Kier molecular flexibility index (Phi) is 4.86. The van der Waals surface area contributed by atoms with Gasteiger partial charge in [-0.05, 0) is 44.5 Å². The number of amides is 1. The maximum absolute atomic E-state index is 12.1. The van der Waals surface area contributed by atoms with E-state index in [9.17, 15) is 4.79 Å².